The number of amides is 1. The fourth-order valence-corrected chi connectivity index (χ4v) is 4.22. The summed E-state index contributed by atoms with van der Waals surface area (Å²) in [6.45, 7) is 1.71. The van der Waals surface area contributed by atoms with Gasteiger partial charge >= 0.3 is 6.18 Å². The molecule has 0 spiro atoms. The fraction of sp³-hybridized carbons (Fsp3) is 0.238. The number of halogens is 4. The topological polar surface area (TPSA) is 48.5 Å². The highest BCUT2D eigenvalue weighted by atomic mass is 35.5. The van der Waals surface area contributed by atoms with Crippen molar-refractivity contribution in [2.24, 2.45) is 0 Å². The van der Waals surface area contributed by atoms with Gasteiger partial charge < -0.3 is 15.1 Å². The van der Waals surface area contributed by atoms with Crippen LogP contribution in [0.1, 0.15) is 16.1 Å². The number of nitrogens with zero attached hydrogens (tertiary/aromatic N) is 3. The monoisotopic (exact) mass is 466 g/mol. The van der Waals surface area contributed by atoms with E-state index in [1.54, 1.807) is 28.5 Å². The summed E-state index contributed by atoms with van der Waals surface area (Å²) in [6.07, 6.45) is -4.38. The van der Waals surface area contributed by atoms with Crippen LogP contribution in [0.25, 0.3) is 0 Å². The fourth-order valence-electron chi connectivity index (χ4n) is 3.33. The Kier molecular flexibility index (Phi) is 6.06. The molecule has 1 aliphatic heterocycles. The SMILES string of the molecule is O=C(c1csc(Nc2cccc(Cl)c2)n1)N1CCN(c2cccc(C(F)(F)F)c2)CC1. The van der Waals surface area contributed by atoms with Crippen LogP contribution >= 0.6 is 22.9 Å². The maximum atomic E-state index is 13.0. The van der Waals surface area contributed by atoms with Crippen LogP contribution in [0.15, 0.2) is 53.9 Å². The summed E-state index contributed by atoms with van der Waals surface area (Å²) < 4.78 is 38.9. The Morgan fingerprint density at radius 1 is 1.06 bits per heavy atom. The molecule has 10 heteroatoms. The first kappa shape index (κ1) is 21.5. The van der Waals surface area contributed by atoms with E-state index >= 15 is 0 Å². The van der Waals surface area contributed by atoms with Crippen LogP contribution in [-0.4, -0.2) is 42.0 Å². The van der Waals surface area contributed by atoms with E-state index in [4.69, 9.17) is 11.6 Å². The van der Waals surface area contributed by atoms with Crippen molar-refractivity contribution in [2.45, 2.75) is 6.18 Å². The first-order valence-corrected chi connectivity index (χ1v) is 10.7. The molecule has 5 nitrogen and oxygen atoms in total. The second-order valence-electron chi connectivity index (χ2n) is 7.00. The van der Waals surface area contributed by atoms with Crippen molar-refractivity contribution in [1.29, 1.82) is 0 Å². The Labute approximate surface area is 186 Å². The van der Waals surface area contributed by atoms with Gasteiger partial charge in [0.25, 0.3) is 5.91 Å². The molecule has 0 bridgehead atoms. The van der Waals surface area contributed by atoms with Crippen LogP contribution in [0.3, 0.4) is 0 Å². The Balaban J connectivity index is 1.37. The molecule has 1 N–H and O–H groups in total. The number of benzene rings is 2. The molecule has 0 aliphatic carbocycles. The maximum absolute atomic E-state index is 13.0. The predicted octanol–water partition coefficient (Wildman–Crippen LogP) is 5.52. The molecular formula is C21H18ClF3N4OS. The summed E-state index contributed by atoms with van der Waals surface area (Å²) in [5.41, 5.74) is 0.937. The third-order valence-electron chi connectivity index (χ3n) is 4.90. The predicted molar refractivity (Wildman–Crippen MR) is 116 cm³/mol. The number of carbonyl (C=O) groups is 1. The third kappa shape index (κ3) is 5.11. The Morgan fingerprint density at radius 3 is 2.52 bits per heavy atom. The average Bonchev–Trinajstić information content (AvgIpc) is 3.21. The lowest BCUT2D eigenvalue weighted by Crippen LogP contribution is -2.48. The number of anilines is 3. The molecule has 0 saturated carbocycles. The summed E-state index contributed by atoms with van der Waals surface area (Å²) in [4.78, 5) is 20.7. The van der Waals surface area contributed by atoms with Crippen molar-refractivity contribution >= 4 is 45.4 Å². The molecule has 31 heavy (non-hydrogen) atoms. The molecule has 1 fully saturated rings. The minimum Gasteiger partial charge on any atom is -0.368 e. The van der Waals surface area contributed by atoms with Gasteiger partial charge in [-0.2, -0.15) is 13.2 Å². The van der Waals surface area contributed by atoms with Gasteiger partial charge in [-0.3, -0.25) is 4.79 Å². The quantitative estimate of drug-likeness (QED) is 0.550. The first-order valence-electron chi connectivity index (χ1n) is 9.49. The molecule has 162 valence electrons. The Morgan fingerprint density at radius 2 is 1.81 bits per heavy atom. The molecule has 2 heterocycles. The van der Waals surface area contributed by atoms with Gasteiger partial charge in [-0.1, -0.05) is 23.7 Å². The van der Waals surface area contributed by atoms with Crippen molar-refractivity contribution in [3.63, 3.8) is 0 Å². The molecule has 0 radical (unpaired) electrons. The van der Waals surface area contributed by atoms with E-state index in [1.807, 2.05) is 17.0 Å². The molecule has 4 rings (SSSR count). The summed E-state index contributed by atoms with van der Waals surface area (Å²) in [6, 6.07) is 12.4. The number of hydrogen-bond acceptors (Lipinski definition) is 5. The van der Waals surface area contributed by atoms with Gasteiger partial charge in [-0.05, 0) is 36.4 Å². The molecule has 0 atom stereocenters. The number of aromatic nitrogens is 1. The summed E-state index contributed by atoms with van der Waals surface area (Å²) in [5.74, 6) is -0.195. The minimum atomic E-state index is -4.38. The van der Waals surface area contributed by atoms with Crippen LogP contribution in [0.5, 0.6) is 0 Å². The van der Waals surface area contributed by atoms with Crippen LogP contribution in [0.2, 0.25) is 5.02 Å². The van der Waals surface area contributed by atoms with Crippen molar-refractivity contribution in [2.75, 3.05) is 36.4 Å². The summed E-state index contributed by atoms with van der Waals surface area (Å²) in [7, 11) is 0. The van der Waals surface area contributed by atoms with E-state index in [0.29, 0.717) is 47.7 Å². The van der Waals surface area contributed by atoms with Gasteiger partial charge in [0.1, 0.15) is 5.69 Å². The second kappa shape index (κ2) is 8.76. The molecule has 2 aromatic carbocycles. The van der Waals surface area contributed by atoms with Gasteiger partial charge in [-0.25, -0.2) is 4.98 Å². The highest BCUT2D eigenvalue weighted by Crippen LogP contribution is 2.32. The molecule has 1 saturated heterocycles. The van der Waals surface area contributed by atoms with Crippen molar-refractivity contribution in [1.82, 2.24) is 9.88 Å². The normalized spacial score (nSPS) is 14.6. The molecule has 3 aromatic rings. The van der Waals surface area contributed by atoms with E-state index in [0.717, 1.165) is 17.8 Å². The van der Waals surface area contributed by atoms with Crippen LogP contribution in [-0.2, 0) is 6.18 Å². The Hall–Kier alpha value is -2.78. The smallest absolute Gasteiger partial charge is 0.368 e. The number of carbonyl (C=O) groups excluding carboxylic acids is 1. The molecule has 1 amide bonds. The minimum absolute atomic E-state index is 0.195. The van der Waals surface area contributed by atoms with Gasteiger partial charge in [-0.15, -0.1) is 11.3 Å². The summed E-state index contributed by atoms with van der Waals surface area (Å²) in [5, 5.41) is 5.98. The maximum Gasteiger partial charge on any atom is 0.416 e. The van der Waals surface area contributed by atoms with E-state index in [1.165, 1.54) is 17.4 Å². The van der Waals surface area contributed by atoms with Crippen LogP contribution in [0.4, 0.5) is 29.7 Å². The average molecular weight is 467 g/mol. The molecule has 1 aromatic heterocycles. The third-order valence-corrected chi connectivity index (χ3v) is 5.90. The number of nitrogens with one attached hydrogen (secondary N) is 1. The van der Waals surface area contributed by atoms with Crippen molar-refractivity contribution in [3.05, 3.63) is 70.2 Å². The molecular weight excluding hydrogens is 449 g/mol. The largest absolute Gasteiger partial charge is 0.416 e. The Bertz CT molecular complexity index is 1080. The lowest BCUT2D eigenvalue weighted by Gasteiger charge is -2.36. The zero-order chi connectivity index (χ0) is 22.0. The first-order chi connectivity index (χ1) is 14.8. The van der Waals surface area contributed by atoms with E-state index in [2.05, 4.69) is 10.3 Å². The van der Waals surface area contributed by atoms with Gasteiger partial charge in [0.15, 0.2) is 5.13 Å². The zero-order valence-corrected chi connectivity index (χ0v) is 17.8. The standard InChI is InChI=1S/C21H18ClF3N4OS/c22-15-4-2-5-16(12-15)26-20-27-18(13-31-20)19(30)29-9-7-28(8-10-29)17-6-1-3-14(11-17)21(23,24)25/h1-6,11-13H,7-10H2,(H,26,27). The van der Waals surface area contributed by atoms with E-state index in [-0.39, 0.29) is 5.91 Å². The molecule has 0 unspecified atom stereocenters. The zero-order valence-electron chi connectivity index (χ0n) is 16.2. The number of rotatable bonds is 4. The number of alkyl halides is 3. The van der Waals surface area contributed by atoms with Gasteiger partial charge in [0.05, 0.1) is 5.56 Å². The second-order valence-corrected chi connectivity index (χ2v) is 8.30. The molecule has 1 aliphatic rings. The van der Waals surface area contributed by atoms with Gasteiger partial charge in [0, 0.05) is 48.0 Å². The van der Waals surface area contributed by atoms with Crippen molar-refractivity contribution < 1.29 is 18.0 Å². The highest BCUT2D eigenvalue weighted by molar-refractivity contribution is 7.14. The van der Waals surface area contributed by atoms with Crippen LogP contribution in [0, 0.1) is 0 Å². The number of piperazine rings is 1. The highest BCUT2D eigenvalue weighted by Gasteiger charge is 2.31. The summed E-state index contributed by atoms with van der Waals surface area (Å²) >= 11 is 7.29. The van der Waals surface area contributed by atoms with E-state index in [9.17, 15) is 18.0 Å². The van der Waals surface area contributed by atoms with Crippen molar-refractivity contribution in [3.8, 4) is 0 Å². The lowest BCUT2D eigenvalue weighted by atomic mass is 10.1. The van der Waals surface area contributed by atoms with Gasteiger partial charge in [0.2, 0.25) is 0 Å². The van der Waals surface area contributed by atoms with E-state index < -0.39 is 11.7 Å². The lowest BCUT2D eigenvalue weighted by molar-refractivity contribution is -0.137. The van der Waals surface area contributed by atoms with Crippen LogP contribution < -0.4 is 10.2 Å². The number of thiazole rings is 1. The number of hydrogen-bond donors (Lipinski definition) is 1.